The maximum absolute atomic E-state index is 12.4. The minimum absolute atomic E-state index is 0.0422. The second-order valence-corrected chi connectivity index (χ2v) is 2.51. The number of nitrogens with two attached hydrogens (primary N) is 1. The van der Waals surface area contributed by atoms with Crippen molar-refractivity contribution in [1.29, 1.82) is 0 Å². The Labute approximate surface area is 77.3 Å². The fourth-order valence-corrected chi connectivity index (χ4v) is 0.766. The van der Waals surface area contributed by atoms with Gasteiger partial charge in [-0.25, -0.2) is 0 Å². The molecule has 0 spiro atoms. The first-order valence-corrected chi connectivity index (χ1v) is 3.63. The Morgan fingerprint density at radius 2 is 1.79 bits per heavy atom. The molecule has 0 amide bonds. The zero-order chi connectivity index (χ0) is 10.8. The Balaban J connectivity index is 2.75. The molecule has 0 aliphatic carbocycles. The molecular formula is C8H7F4NO. The molecular weight excluding hydrogens is 202 g/mol. The SMILES string of the molecule is Nc1ccccc1OC(F)C(F)(F)F. The highest BCUT2D eigenvalue weighted by atomic mass is 19.4. The van der Waals surface area contributed by atoms with E-state index in [1.165, 1.54) is 18.2 Å². The number of rotatable bonds is 2. The number of hydrogen-bond donors (Lipinski definition) is 1. The monoisotopic (exact) mass is 209 g/mol. The molecule has 6 heteroatoms. The lowest BCUT2D eigenvalue weighted by Crippen LogP contribution is -2.30. The highest BCUT2D eigenvalue weighted by molar-refractivity contribution is 5.51. The van der Waals surface area contributed by atoms with Crippen LogP contribution in [0, 0.1) is 0 Å². The average Bonchev–Trinajstić information content (AvgIpc) is 2.07. The molecule has 1 atom stereocenters. The zero-order valence-corrected chi connectivity index (χ0v) is 6.88. The van der Waals surface area contributed by atoms with Crippen molar-refractivity contribution in [2.75, 3.05) is 5.73 Å². The van der Waals surface area contributed by atoms with E-state index in [1.807, 2.05) is 0 Å². The van der Waals surface area contributed by atoms with Crippen molar-refractivity contribution >= 4 is 5.69 Å². The van der Waals surface area contributed by atoms with Gasteiger partial charge < -0.3 is 10.5 Å². The molecule has 2 N–H and O–H groups in total. The van der Waals surface area contributed by atoms with E-state index in [0.717, 1.165) is 6.07 Å². The third kappa shape index (κ3) is 2.51. The van der Waals surface area contributed by atoms with Crippen molar-refractivity contribution in [2.45, 2.75) is 12.5 Å². The van der Waals surface area contributed by atoms with Gasteiger partial charge in [-0.3, -0.25) is 0 Å². The largest absolute Gasteiger partial charge is 0.457 e. The number of halogens is 4. The molecule has 0 aliphatic heterocycles. The third-order valence-corrected chi connectivity index (χ3v) is 1.41. The number of benzene rings is 1. The lowest BCUT2D eigenvalue weighted by Gasteiger charge is -2.15. The Bertz CT molecular complexity index is 312. The summed E-state index contributed by atoms with van der Waals surface area (Å²) in [4.78, 5) is 0. The Kier molecular flexibility index (Phi) is 2.83. The summed E-state index contributed by atoms with van der Waals surface area (Å²) >= 11 is 0. The second kappa shape index (κ2) is 3.73. The average molecular weight is 209 g/mol. The van der Waals surface area contributed by atoms with Crippen molar-refractivity contribution < 1.29 is 22.3 Å². The number of hydrogen-bond acceptors (Lipinski definition) is 2. The first-order valence-electron chi connectivity index (χ1n) is 3.63. The summed E-state index contributed by atoms with van der Waals surface area (Å²) in [5.74, 6) is -0.322. The number of para-hydroxylation sites is 2. The van der Waals surface area contributed by atoms with Gasteiger partial charge in [0.2, 0.25) is 0 Å². The van der Waals surface area contributed by atoms with E-state index >= 15 is 0 Å². The van der Waals surface area contributed by atoms with Crippen LogP contribution in [0.1, 0.15) is 0 Å². The molecule has 1 aromatic carbocycles. The summed E-state index contributed by atoms with van der Waals surface area (Å²) < 4.78 is 51.5. The van der Waals surface area contributed by atoms with Crippen molar-refractivity contribution in [2.24, 2.45) is 0 Å². The summed E-state index contributed by atoms with van der Waals surface area (Å²) in [6.45, 7) is 0. The minimum Gasteiger partial charge on any atom is -0.450 e. The first-order chi connectivity index (χ1) is 6.41. The molecule has 0 fully saturated rings. The summed E-state index contributed by atoms with van der Waals surface area (Å²) in [6.07, 6.45) is -8.39. The lowest BCUT2D eigenvalue weighted by molar-refractivity contribution is -0.236. The van der Waals surface area contributed by atoms with Gasteiger partial charge in [0.05, 0.1) is 5.69 Å². The minimum atomic E-state index is -5.04. The normalized spacial score (nSPS) is 13.7. The van der Waals surface area contributed by atoms with E-state index in [1.54, 1.807) is 0 Å². The van der Waals surface area contributed by atoms with E-state index in [9.17, 15) is 17.6 Å². The molecule has 1 rings (SSSR count). The third-order valence-electron chi connectivity index (χ3n) is 1.41. The molecule has 78 valence electrons. The van der Waals surface area contributed by atoms with Crippen LogP contribution in [0.4, 0.5) is 23.2 Å². The van der Waals surface area contributed by atoms with Crippen LogP contribution in [0.2, 0.25) is 0 Å². The van der Waals surface area contributed by atoms with Crippen LogP contribution < -0.4 is 10.5 Å². The first kappa shape index (κ1) is 10.6. The smallest absolute Gasteiger partial charge is 0.450 e. The molecule has 0 heterocycles. The molecule has 0 bridgehead atoms. The van der Waals surface area contributed by atoms with Crippen LogP contribution in [0.25, 0.3) is 0 Å². The van der Waals surface area contributed by atoms with Gasteiger partial charge in [0.25, 0.3) is 0 Å². The van der Waals surface area contributed by atoms with Gasteiger partial charge in [-0.15, -0.1) is 0 Å². The van der Waals surface area contributed by atoms with Crippen LogP contribution in [0.15, 0.2) is 24.3 Å². The second-order valence-electron chi connectivity index (χ2n) is 2.51. The predicted molar refractivity (Wildman–Crippen MR) is 42.4 cm³/mol. The number of ether oxygens (including phenoxy) is 1. The molecule has 0 aromatic heterocycles. The molecule has 2 nitrogen and oxygen atoms in total. The maximum atomic E-state index is 12.4. The van der Waals surface area contributed by atoms with Gasteiger partial charge in [-0.1, -0.05) is 12.1 Å². The molecule has 0 saturated carbocycles. The van der Waals surface area contributed by atoms with Gasteiger partial charge in [0.1, 0.15) is 5.75 Å². The van der Waals surface area contributed by atoms with Crippen molar-refractivity contribution in [3.63, 3.8) is 0 Å². The van der Waals surface area contributed by atoms with Crippen LogP contribution in [0.5, 0.6) is 5.75 Å². The van der Waals surface area contributed by atoms with Gasteiger partial charge in [-0.05, 0) is 12.1 Å². The summed E-state index contributed by atoms with van der Waals surface area (Å²) in [5.41, 5.74) is 5.21. The maximum Gasteiger partial charge on any atom is 0.457 e. The van der Waals surface area contributed by atoms with E-state index in [4.69, 9.17) is 5.73 Å². The molecule has 0 saturated heterocycles. The van der Waals surface area contributed by atoms with Gasteiger partial charge in [-0.2, -0.15) is 17.6 Å². The number of anilines is 1. The van der Waals surface area contributed by atoms with Gasteiger partial charge in [0.15, 0.2) is 0 Å². The van der Waals surface area contributed by atoms with Gasteiger partial charge in [0, 0.05) is 0 Å². The fourth-order valence-electron chi connectivity index (χ4n) is 0.766. The highest BCUT2D eigenvalue weighted by Gasteiger charge is 2.42. The Hall–Kier alpha value is -1.46. The Morgan fingerprint density at radius 3 is 2.29 bits per heavy atom. The molecule has 0 radical (unpaired) electrons. The van der Waals surface area contributed by atoms with Crippen molar-refractivity contribution in [1.82, 2.24) is 0 Å². The number of nitrogen functional groups attached to an aromatic ring is 1. The van der Waals surface area contributed by atoms with Crippen molar-refractivity contribution in [3.05, 3.63) is 24.3 Å². The molecule has 0 aliphatic rings. The van der Waals surface area contributed by atoms with Crippen LogP contribution in [-0.2, 0) is 0 Å². The predicted octanol–water partition coefficient (Wildman–Crippen LogP) is 2.51. The lowest BCUT2D eigenvalue weighted by atomic mass is 10.3. The van der Waals surface area contributed by atoms with Crippen LogP contribution >= 0.6 is 0 Å². The summed E-state index contributed by atoms with van der Waals surface area (Å²) in [7, 11) is 0. The standard InChI is InChI=1S/C8H7F4NO/c9-7(8(10,11)12)14-6-4-2-1-3-5(6)13/h1-4,7H,13H2. The summed E-state index contributed by atoms with van der Waals surface area (Å²) in [6, 6.07) is 5.38. The van der Waals surface area contributed by atoms with E-state index in [-0.39, 0.29) is 11.4 Å². The zero-order valence-electron chi connectivity index (χ0n) is 6.88. The summed E-state index contributed by atoms with van der Waals surface area (Å²) in [5, 5.41) is 0. The van der Waals surface area contributed by atoms with Gasteiger partial charge >= 0.3 is 12.5 Å². The number of alkyl halides is 4. The van der Waals surface area contributed by atoms with E-state index < -0.39 is 12.5 Å². The highest BCUT2D eigenvalue weighted by Crippen LogP contribution is 2.28. The fraction of sp³-hybridized carbons (Fsp3) is 0.250. The molecule has 1 unspecified atom stereocenters. The van der Waals surface area contributed by atoms with Crippen LogP contribution in [-0.4, -0.2) is 12.5 Å². The quantitative estimate of drug-likeness (QED) is 0.600. The Morgan fingerprint density at radius 1 is 1.21 bits per heavy atom. The molecule has 14 heavy (non-hydrogen) atoms. The van der Waals surface area contributed by atoms with Crippen LogP contribution in [0.3, 0.4) is 0 Å². The van der Waals surface area contributed by atoms with E-state index in [2.05, 4.69) is 4.74 Å². The molecule has 1 aromatic rings. The van der Waals surface area contributed by atoms with E-state index in [0.29, 0.717) is 0 Å². The van der Waals surface area contributed by atoms with Crippen molar-refractivity contribution in [3.8, 4) is 5.75 Å². The topological polar surface area (TPSA) is 35.2 Å².